The van der Waals surface area contributed by atoms with E-state index in [9.17, 15) is 4.79 Å². The molecule has 0 spiro atoms. The van der Waals surface area contributed by atoms with Crippen LogP contribution in [0.3, 0.4) is 0 Å². The maximum absolute atomic E-state index is 10.3. The summed E-state index contributed by atoms with van der Waals surface area (Å²) in [6, 6.07) is 38.4. The predicted molar refractivity (Wildman–Crippen MR) is 254 cm³/mol. The summed E-state index contributed by atoms with van der Waals surface area (Å²) >= 11 is 0. The molecule has 5 nitrogen and oxygen atoms in total. The van der Waals surface area contributed by atoms with Crippen molar-refractivity contribution < 1.29 is 4.79 Å². The Labute approximate surface area is 351 Å². The van der Waals surface area contributed by atoms with Gasteiger partial charge in [0.05, 0.1) is 0 Å². The lowest BCUT2D eigenvalue weighted by molar-refractivity contribution is 0.112. The van der Waals surface area contributed by atoms with Gasteiger partial charge in [0.15, 0.2) is 0 Å². The van der Waals surface area contributed by atoms with Gasteiger partial charge in [-0.05, 0) is 175 Å². The Morgan fingerprint density at radius 3 is 1.21 bits per heavy atom. The molecule has 0 saturated heterocycles. The molecule has 5 heteroatoms. The molecule has 0 aromatic heterocycles. The molecule has 0 amide bonds. The first-order chi connectivity index (χ1) is 27.3. The lowest BCUT2D eigenvalue weighted by atomic mass is 10.1. The number of nitrogen functional groups attached to an aromatic ring is 1. The number of anilines is 4. The molecular weight excluding hydrogens is 709 g/mol. The van der Waals surface area contributed by atoms with Gasteiger partial charge in [0, 0.05) is 62.5 Å². The zero-order valence-corrected chi connectivity index (χ0v) is 37.8. The zero-order valence-electron chi connectivity index (χ0n) is 37.8. The van der Waals surface area contributed by atoms with E-state index >= 15 is 0 Å². The van der Waals surface area contributed by atoms with Crippen LogP contribution in [0.1, 0.15) is 82.7 Å². The van der Waals surface area contributed by atoms with Crippen molar-refractivity contribution in [3.8, 4) is 0 Å². The quantitative estimate of drug-likeness (QED) is 0.119. The molecule has 0 aliphatic carbocycles. The Balaban J connectivity index is 0.000000216. The highest BCUT2D eigenvalue weighted by Crippen LogP contribution is 2.24. The summed E-state index contributed by atoms with van der Waals surface area (Å²) in [6.07, 6.45) is 0.875. The fourth-order valence-electron chi connectivity index (χ4n) is 7.32. The Kier molecular flexibility index (Phi) is 17.8. The molecule has 0 aliphatic heterocycles. The van der Waals surface area contributed by atoms with E-state index in [-0.39, 0.29) is 0 Å². The number of aryl methyl sites for hydroxylation is 11. The second-order valence-electron chi connectivity index (χ2n) is 16.2. The maximum Gasteiger partial charge on any atom is 0.150 e. The molecule has 6 aromatic carbocycles. The molecule has 306 valence electrons. The van der Waals surface area contributed by atoms with Gasteiger partial charge in [0.2, 0.25) is 0 Å². The van der Waals surface area contributed by atoms with Crippen molar-refractivity contribution in [2.75, 3.05) is 42.0 Å². The first-order valence-corrected chi connectivity index (χ1v) is 20.1. The normalized spacial score (nSPS) is 10.2. The third-order valence-corrected chi connectivity index (χ3v) is 9.72. The fraction of sp³-hybridized carbons (Fsp3) is 0.302. The summed E-state index contributed by atoms with van der Waals surface area (Å²) in [6.45, 7) is 25.0. The Morgan fingerprint density at radius 1 is 0.466 bits per heavy atom. The van der Waals surface area contributed by atoms with Gasteiger partial charge < -0.3 is 20.9 Å². The number of rotatable bonds is 8. The molecule has 0 unspecified atom stereocenters. The van der Waals surface area contributed by atoms with Crippen LogP contribution in [0.5, 0.6) is 0 Å². The number of hydrogen-bond donors (Lipinski definition) is 2. The van der Waals surface area contributed by atoms with Crippen molar-refractivity contribution >= 4 is 29.0 Å². The van der Waals surface area contributed by atoms with Gasteiger partial charge in [-0.3, -0.25) is 4.79 Å². The molecule has 6 rings (SSSR count). The highest BCUT2D eigenvalue weighted by Gasteiger charge is 2.08. The molecule has 0 atom stereocenters. The SMILES string of the molecule is CNc1cc(C)cc(C)c1.Cc1cc(C)cc(C=O)c1.Cc1cc(C)cc(CN(C)c2cc(C)ccc2C)c1.Cc1cc(N)cc(CN(C)c2cc(C)ccc2C)c1. The highest BCUT2D eigenvalue weighted by atomic mass is 16.1. The minimum atomic E-state index is 0.762. The molecule has 0 fully saturated rings. The summed E-state index contributed by atoms with van der Waals surface area (Å²) in [5, 5.41) is 3.11. The standard InChI is InChI=1S/C18H23N.C17H22N2.C9H13N.C9H10O/c1-13-6-7-16(4)18(11-13)19(5)12-17-9-14(2)8-15(3)10-17;1-12-5-6-14(3)17(9-12)19(4)11-15-7-13(2)8-16(18)10-15;1-7-4-8(2)6-9(5-7)10-3;1-7-3-8(2)5-9(4-7)6-10/h6-11H,12H2,1-5H3;5-10H,11,18H2,1-4H3;4-6,10H,1-3H3;3-6H,1-2H3. The van der Waals surface area contributed by atoms with E-state index < -0.39 is 0 Å². The van der Waals surface area contributed by atoms with Crippen LogP contribution >= 0.6 is 0 Å². The smallest absolute Gasteiger partial charge is 0.150 e. The minimum Gasteiger partial charge on any atom is -0.399 e. The largest absolute Gasteiger partial charge is 0.399 e. The van der Waals surface area contributed by atoms with Crippen molar-refractivity contribution in [1.29, 1.82) is 0 Å². The second-order valence-corrected chi connectivity index (χ2v) is 16.2. The Bertz CT molecular complexity index is 2080. The molecular formula is C53H68N4O. The number of nitrogens with zero attached hydrogens (tertiary/aromatic N) is 2. The fourth-order valence-corrected chi connectivity index (χ4v) is 7.32. The van der Waals surface area contributed by atoms with Crippen LogP contribution in [0.15, 0.2) is 109 Å². The van der Waals surface area contributed by atoms with Gasteiger partial charge in [-0.25, -0.2) is 0 Å². The van der Waals surface area contributed by atoms with Crippen LogP contribution in [-0.2, 0) is 13.1 Å². The third kappa shape index (κ3) is 15.6. The molecule has 0 heterocycles. The van der Waals surface area contributed by atoms with Crippen molar-refractivity contribution in [3.05, 3.63) is 187 Å². The topological polar surface area (TPSA) is 61.6 Å². The number of benzene rings is 6. The van der Waals surface area contributed by atoms with E-state index in [2.05, 4.69) is 176 Å². The summed E-state index contributed by atoms with van der Waals surface area (Å²) in [5.41, 5.74) is 27.9. The molecule has 0 bridgehead atoms. The number of carbonyl (C=O) groups is 1. The average molecular weight is 777 g/mol. The van der Waals surface area contributed by atoms with Gasteiger partial charge in [-0.15, -0.1) is 0 Å². The van der Waals surface area contributed by atoms with E-state index in [0.717, 1.165) is 41.8 Å². The average Bonchev–Trinajstić information content (AvgIpc) is 3.12. The van der Waals surface area contributed by atoms with Crippen LogP contribution < -0.4 is 20.9 Å². The summed E-state index contributed by atoms with van der Waals surface area (Å²) in [7, 11) is 6.23. The molecule has 0 radical (unpaired) electrons. The van der Waals surface area contributed by atoms with Crippen molar-refractivity contribution in [2.24, 2.45) is 0 Å². The van der Waals surface area contributed by atoms with E-state index in [1.165, 1.54) is 78.3 Å². The second kappa shape index (κ2) is 22.2. The van der Waals surface area contributed by atoms with Crippen molar-refractivity contribution in [1.82, 2.24) is 0 Å². The molecule has 58 heavy (non-hydrogen) atoms. The van der Waals surface area contributed by atoms with Gasteiger partial charge in [-0.1, -0.05) is 82.9 Å². The lowest BCUT2D eigenvalue weighted by Gasteiger charge is -2.22. The van der Waals surface area contributed by atoms with Crippen molar-refractivity contribution in [3.63, 3.8) is 0 Å². The minimum absolute atomic E-state index is 0.762. The van der Waals surface area contributed by atoms with Crippen LogP contribution in [0.2, 0.25) is 0 Å². The number of nitrogens with two attached hydrogens (primary N) is 1. The maximum atomic E-state index is 10.3. The van der Waals surface area contributed by atoms with Crippen LogP contribution in [0, 0.1) is 76.2 Å². The van der Waals surface area contributed by atoms with Crippen LogP contribution in [-0.4, -0.2) is 27.4 Å². The molecule has 0 saturated carbocycles. The lowest BCUT2D eigenvalue weighted by Crippen LogP contribution is -2.17. The zero-order chi connectivity index (χ0) is 43.1. The van der Waals surface area contributed by atoms with Gasteiger partial charge >= 0.3 is 0 Å². The third-order valence-electron chi connectivity index (χ3n) is 9.72. The van der Waals surface area contributed by atoms with Gasteiger partial charge in [0.25, 0.3) is 0 Å². The van der Waals surface area contributed by atoms with E-state index in [4.69, 9.17) is 5.73 Å². The van der Waals surface area contributed by atoms with E-state index in [0.29, 0.717) is 0 Å². The molecule has 6 aromatic rings. The van der Waals surface area contributed by atoms with Gasteiger partial charge in [-0.2, -0.15) is 0 Å². The Hall–Kier alpha value is -5.81. The Morgan fingerprint density at radius 2 is 0.828 bits per heavy atom. The monoisotopic (exact) mass is 777 g/mol. The first-order valence-electron chi connectivity index (χ1n) is 20.1. The van der Waals surface area contributed by atoms with Gasteiger partial charge in [0.1, 0.15) is 6.29 Å². The number of nitrogens with one attached hydrogen (secondary N) is 1. The van der Waals surface area contributed by atoms with Crippen LogP contribution in [0.25, 0.3) is 0 Å². The van der Waals surface area contributed by atoms with E-state index in [1.54, 1.807) is 0 Å². The highest BCUT2D eigenvalue weighted by molar-refractivity contribution is 5.75. The van der Waals surface area contributed by atoms with Crippen molar-refractivity contribution in [2.45, 2.75) is 89.3 Å². The first kappa shape index (κ1) is 46.6. The molecule has 3 N–H and O–H groups in total. The number of hydrogen-bond acceptors (Lipinski definition) is 5. The summed E-state index contributed by atoms with van der Waals surface area (Å²) in [4.78, 5) is 14.9. The summed E-state index contributed by atoms with van der Waals surface area (Å²) in [5.74, 6) is 0. The predicted octanol–water partition coefficient (Wildman–Crippen LogP) is 12.8. The van der Waals surface area contributed by atoms with Crippen LogP contribution in [0.4, 0.5) is 22.7 Å². The summed E-state index contributed by atoms with van der Waals surface area (Å²) < 4.78 is 0. The number of aldehydes is 1. The number of carbonyl (C=O) groups excluding carboxylic acids is 1. The molecule has 0 aliphatic rings. The van der Waals surface area contributed by atoms with E-state index in [1.807, 2.05) is 45.2 Å².